The molecule has 0 aliphatic heterocycles. The van der Waals surface area contributed by atoms with E-state index in [-0.39, 0.29) is 0 Å². The molecular weight excluding hydrogens is 436 g/mol. The second-order valence-corrected chi connectivity index (χ2v) is 8.12. The van der Waals surface area contributed by atoms with Gasteiger partial charge in [-0.2, -0.15) is 0 Å². The topological polar surface area (TPSA) is 38.9 Å². The molecule has 0 aliphatic rings. The summed E-state index contributed by atoms with van der Waals surface area (Å²) in [5, 5.41) is 3.20. The number of para-hydroxylation sites is 1. The fraction of sp³-hybridized carbons (Fsp3) is 0. The van der Waals surface area contributed by atoms with Gasteiger partial charge in [0, 0.05) is 31.8 Å². The molecule has 0 atom stereocenters. The van der Waals surface area contributed by atoms with Crippen LogP contribution in [0.5, 0.6) is 0 Å². The number of aromatic nitrogens is 2. The lowest BCUT2D eigenvalue weighted by atomic mass is 9.99. The van der Waals surface area contributed by atoms with Gasteiger partial charge in [0.2, 0.25) is 5.89 Å². The molecule has 0 radical (unpaired) electrons. The van der Waals surface area contributed by atoms with Crippen LogP contribution in [0.2, 0.25) is 0 Å². The van der Waals surface area contributed by atoms with Crippen molar-refractivity contribution in [2.75, 3.05) is 0 Å². The third-order valence-electron chi connectivity index (χ3n) is 5.34. The first-order chi connectivity index (χ1) is 14.8. The Morgan fingerprint density at radius 3 is 2.33 bits per heavy atom. The molecule has 3 nitrogen and oxygen atoms in total. The number of halogens is 1. The van der Waals surface area contributed by atoms with Gasteiger partial charge in [0.05, 0.1) is 11.2 Å². The van der Waals surface area contributed by atoms with Crippen molar-refractivity contribution in [3.05, 3.63) is 95.5 Å². The number of nitrogens with zero attached hydrogens (tertiary/aromatic N) is 2. The molecule has 0 saturated heterocycles. The Morgan fingerprint density at radius 2 is 1.47 bits per heavy atom. The average molecular weight is 451 g/mol. The zero-order valence-electron chi connectivity index (χ0n) is 15.8. The number of hydrogen-bond acceptors (Lipinski definition) is 3. The number of hydrogen-bond donors (Lipinski definition) is 0. The number of rotatable bonds is 2. The minimum absolute atomic E-state index is 0.628. The molecule has 0 bridgehead atoms. The summed E-state index contributed by atoms with van der Waals surface area (Å²) in [6.45, 7) is 0. The molecule has 30 heavy (non-hydrogen) atoms. The summed E-state index contributed by atoms with van der Waals surface area (Å²) in [7, 11) is 0. The minimum atomic E-state index is 0.628. The highest BCUT2D eigenvalue weighted by atomic mass is 79.9. The maximum absolute atomic E-state index is 6.14. The Morgan fingerprint density at radius 1 is 0.667 bits per heavy atom. The third kappa shape index (κ3) is 2.72. The van der Waals surface area contributed by atoms with Gasteiger partial charge >= 0.3 is 0 Å². The predicted molar refractivity (Wildman–Crippen MR) is 125 cm³/mol. The van der Waals surface area contributed by atoms with Crippen molar-refractivity contribution >= 4 is 48.7 Å². The number of oxazole rings is 1. The molecule has 6 aromatic rings. The highest BCUT2D eigenvalue weighted by molar-refractivity contribution is 9.10. The van der Waals surface area contributed by atoms with Gasteiger partial charge in [-0.05, 0) is 42.5 Å². The fourth-order valence-corrected chi connectivity index (χ4v) is 4.39. The van der Waals surface area contributed by atoms with Crippen molar-refractivity contribution in [3.63, 3.8) is 0 Å². The molecule has 142 valence electrons. The zero-order valence-corrected chi connectivity index (χ0v) is 17.4. The number of pyridine rings is 1. The first-order valence-corrected chi connectivity index (χ1v) is 10.5. The van der Waals surface area contributed by atoms with Crippen molar-refractivity contribution in [2.24, 2.45) is 0 Å². The van der Waals surface area contributed by atoms with E-state index in [1.54, 1.807) is 0 Å². The van der Waals surface area contributed by atoms with E-state index >= 15 is 0 Å². The van der Waals surface area contributed by atoms with Gasteiger partial charge in [-0.15, -0.1) is 0 Å². The molecule has 0 N–H and O–H groups in total. The molecule has 0 aliphatic carbocycles. The number of fused-ring (bicyclic) bond motifs is 5. The van der Waals surface area contributed by atoms with Crippen molar-refractivity contribution in [2.45, 2.75) is 0 Å². The SMILES string of the molecule is Brc1cccc(-c2nc3ccccc3c3c2ccc2oc(-c4ccccc4)nc23)c1. The van der Waals surface area contributed by atoms with Crippen LogP contribution < -0.4 is 0 Å². The van der Waals surface area contributed by atoms with E-state index in [9.17, 15) is 0 Å². The Labute approximate surface area is 181 Å². The first-order valence-electron chi connectivity index (χ1n) is 9.71. The Kier molecular flexibility index (Phi) is 3.93. The summed E-state index contributed by atoms with van der Waals surface area (Å²) in [5.74, 6) is 0.628. The van der Waals surface area contributed by atoms with E-state index in [4.69, 9.17) is 14.4 Å². The van der Waals surface area contributed by atoms with Gasteiger partial charge in [-0.3, -0.25) is 0 Å². The van der Waals surface area contributed by atoms with E-state index in [1.807, 2.05) is 66.7 Å². The van der Waals surface area contributed by atoms with E-state index in [2.05, 4.69) is 40.2 Å². The van der Waals surface area contributed by atoms with Crippen molar-refractivity contribution < 1.29 is 4.42 Å². The Bertz CT molecular complexity index is 1550. The van der Waals surface area contributed by atoms with Gasteiger partial charge < -0.3 is 4.42 Å². The lowest BCUT2D eigenvalue weighted by Crippen LogP contribution is -1.90. The number of benzene rings is 4. The molecule has 4 heteroatoms. The van der Waals surface area contributed by atoms with Crippen LogP contribution in [0.4, 0.5) is 0 Å². The lowest BCUT2D eigenvalue weighted by Gasteiger charge is -2.10. The van der Waals surface area contributed by atoms with Gasteiger partial charge in [0.25, 0.3) is 0 Å². The average Bonchev–Trinajstić information content (AvgIpc) is 3.23. The first kappa shape index (κ1) is 17.4. The molecule has 0 fully saturated rings. The van der Waals surface area contributed by atoms with Crippen LogP contribution in [-0.2, 0) is 0 Å². The zero-order chi connectivity index (χ0) is 20.1. The third-order valence-corrected chi connectivity index (χ3v) is 5.83. The van der Waals surface area contributed by atoms with Crippen LogP contribution in [-0.4, -0.2) is 9.97 Å². The van der Waals surface area contributed by atoms with Gasteiger partial charge in [-0.25, -0.2) is 9.97 Å². The van der Waals surface area contributed by atoms with E-state index in [1.165, 1.54) is 0 Å². The predicted octanol–water partition coefficient (Wildman–Crippen LogP) is 7.63. The second-order valence-electron chi connectivity index (χ2n) is 7.21. The largest absolute Gasteiger partial charge is 0.436 e. The molecule has 0 spiro atoms. The van der Waals surface area contributed by atoms with Crippen LogP contribution in [0.15, 0.2) is 99.9 Å². The smallest absolute Gasteiger partial charge is 0.227 e. The van der Waals surface area contributed by atoms with Crippen LogP contribution in [0.3, 0.4) is 0 Å². The fourth-order valence-electron chi connectivity index (χ4n) is 3.99. The van der Waals surface area contributed by atoms with Crippen LogP contribution in [0.25, 0.3) is 55.5 Å². The van der Waals surface area contributed by atoms with Crippen LogP contribution in [0, 0.1) is 0 Å². The summed E-state index contributed by atoms with van der Waals surface area (Å²) in [6, 6.07) is 30.5. The van der Waals surface area contributed by atoms with Crippen LogP contribution in [0.1, 0.15) is 0 Å². The highest BCUT2D eigenvalue weighted by Gasteiger charge is 2.17. The molecule has 2 heterocycles. The van der Waals surface area contributed by atoms with Crippen LogP contribution >= 0.6 is 15.9 Å². The van der Waals surface area contributed by atoms with E-state index in [0.717, 1.165) is 54.1 Å². The van der Waals surface area contributed by atoms with E-state index < -0.39 is 0 Å². The second kappa shape index (κ2) is 6.78. The molecule has 0 unspecified atom stereocenters. The van der Waals surface area contributed by atoms with E-state index in [0.29, 0.717) is 5.89 Å². The summed E-state index contributed by atoms with van der Waals surface area (Å²) in [4.78, 5) is 9.92. The lowest BCUT2D eigenvalue weighted by molar-refractivity contribution is 0.620. The Hall–Kier alpha value is -3.50. The maximum atomic E-state index is 6.14. The monoisotopic (exact) mass is 450 g/mol. The Balaban J connectivity index is 1.75. The quantitative estimate of drug-likeness (QED) is 0.254. The summed E-state index contributed by atoms with van der Waals surface area (Å²) in [6.07, 6.45) is 0. The van der Waals surface area contributed by atoms with Crippen molar-refractivity contribution in [1.82, 2.24) is 9.97 Å². The van der Waals surface area contributed by atoms with Gasteiger partial charge in [0.15, 0.2) is 5.58 Å². The van der Waals surface area contributed by atoms with Gasteiger partial charge in [-0.1, -0.05) is 64.5 Å². The maximum Gasteiger partial charge on any atom is 0.227 e. The highest BCUT2D eigenvalue weighted by Crippen LogP contribution is 2.38. The van der Waals surface area contributed by atoms with Crippen molar-refractivity contribution in [3.8, 4) is 22.7 Å². The minimum Gasteiger partial charge on any atom is -0.436 e. The van der Waals surface area contributed by atoms with Crippen molar-refractivity contribution in [1.29, 1.82) is 0 Å². The molecular formula is C26H15BrN2O. The normalized spacial score (nSPS) is 11.5. The molecule has 6 rings (SSSR count). The summed E-state index contributed by atoms with van der Waals surface area (Å²) >= 11 is 3.59. The molecule has 0 amide bonds. The standard InChI is InChI=1S/C26H15BrN2O/c27-18-10-6-9-17(15-18)24-20-13-14-22-25(23(20)19-11-4-5-12-21(19)28-24)29-26(30-22)16-7-2-1-3-8-16/h1-15H. The summed E-state index contributed by atoms with van der Waals surface area (Å²) < 4.78 is 7.16. The molecule has 4 aromatic carbocycles. The summed E-state index contributed by atoms with van der Waals surface area (Å²) in [5.41, 5.74) is 5.55. The molecule has 2 aromatic heterocycles. The van der Waals surface area contributed by atoms with Gasteiger partial charge in [0.1, 0.15) is 5.52 Å². The molecule has 0 saturated carbocycles.